The molecule has 0 unspecified atom stereocenters. The van der Waals surface area contributed by atoms with E-state index >= 15 is 0 Å². The average Bonchev–Trinajstić information content (AvgIpc) is 3.05. The quantitative estimate of drug-likeness (QED) is 0.717. The fraction of sp³-hybridized carbons (Fsp3) is 0.167. The molecule has 0 saturated carbocycles. The first-order valence-electron chi connectivity index (χ1n) is 7.97. The van der Waals surface area contributed by atoms with Gasteiger partial charge < -0.3 is 5.32 Å². The van der Waals surface area contributed by atoms with Crippen molar-refractivity contribution in [1.29, 1.82) is 0 Å². The molecule has 5 nitrogen and oxygen atoms in total. The number of nitrogens with one attached hydrogen (secondary N) is 1. The zero-order valence-corrected chi connectivity index (χ0v) is 14.2. The van der Waals surface area contributed by atoms with Crippen molar-refractivity contribution in [2.24, 2.45) is 0 Å². The summed E-state index contributed by atoms with van der Waals surface area (Å²) in [7, 11) is 0. The molecule has 1 amide bonds. The molecule has 26 heavy (non-hydrogen) atoms. The number of halogens is 3. The van der Waals surface area contributed by atoms with E-state index in [-0.39, 0.29) is 12.3 Å². The Bertz CT molecular complexity index is 995. The van der Waals surface area contributed by atoms with E-state index < -0.39 is 16.7 Å². The molecule has 0 saturated heterocycles. The van der Waals surface area contributed by atoms with Crippen LogP contribution in [0.5, 0.6) is 0 Å². The summed E-state index contributed by atoms with van der Waals surface area (Å²) in [5.41, 5.74) is 3.16. The lowest BCUT2D eigenvalue weighted by molar-refractivity contribution is 0.0945. The third kappa shape index (κ3) is 2.94. The van der Waals surface area contributed by atoms with Gasteiger partial charge in [0.05, 0.1) is 23.1 Å². The molecule has 4 rings (SSSR count). The van der Waals surface area contributed by atoms with Crippen LogP contribution in [0.3, 0.4) is 0 Å². The van der Waals surface area contributed by atoms with Gasteiger partial charge >= 0.3 is 0 Å². The van der Waals surface area contributed by atoms with E-state index in [0.29, 0.717) is 29.8 Å². The largest absolute Gasteiger partial charge is 0.352 e. The molecule has 8 heteroatoms. The zero-order valence-electron chi connectivity index (χ0n) is 13.5. The Kier molecular flexibility index (Phi) is 4.16. The van der Waals surface area contributed by atoms with Crippen LogP contribution in [0.15, 0.2) is 36.7 Å². The molecule has 0 aliphatic carbocycles. The summed E-state index contributed by atoms with van der Waals surface area (Å²) in [6.45, 7) is 0.554. The summed E-state index contributed by atoms with van der Waals surface area (Å²) in [5.74, 6) is -1.74. The first-order valence-corrected chi connectivity index (χ1v) is 8.34. The van der Waals surface area contributed by atoms with Crippen LogP contribution in [0.4, 0.5) is 8.78 Å². The Balaban J connectivity index is 1.67. The van der Waals surface area contributed by atoms with Crippen LogP contribution in [-0.4, -0.2) is 27.2 Å². The zero-order chi connectivity index (χ0) is 18.3. The number of aromatic nitrogens is 3. The molecule has 0 spiro atoms. The Morgan fingerprint density at radius 1 is 1.23 bits per heavy atom. The van der Waals surface area contributed by atoms with Crippen LogP contribution >= 0.6 is 11.6 Å². The van der Waals surface area contributed by atoms with Gasteiger partial charge in [0.15, 0.2) is 0 Å². The molecule has 1 aromatic carbocycles. The third-order valence-electron chi connectivity index (χ3n) is 4.23. The summed E-state index contributed by atoms with van der Waals surface area (Å²) >= 11 is 5.51. The highest BCUT2D eigenvalue weighted by Gasteiger charge is 2.22. The van der Waals surface area contributed by atoms with E-state index in [4.69, 9.17) is 11.6 Å². The second kappa shape index (κ2) is 6.49. The van der Waals surface area contributed by atoms with Gasteiger partial charge in [0, 0.05) is 31.3 Å². The van der Waals surface area contributed by atoms with Crippen LogP contribution in [0.1, 0.15) is 27.3 Å². The number of carbonyl (C=O) groups excluding carboxylic acids is 1. The third-order valence-corrected chi connectivity index (χ3v) is 4.60. The molecule has 0 atom stereocenters. The number of carbonyl (C=O) groups is 1. The Labute approximate surface area is 152 Å². The first kappa shape index (κ1) is 16.7. The Morgan fingerprint density at radius 2 is 2.00 bits per heavy atom. The second-order valence-corrected chi connectivity index (χ2v) is 6.36. The Hall–Kier alpha value is -2.80. The maximum absolute atomic E-state index is 13.6. The predicted molar refractivity (Wildman–Crippen MR) is 91.6 cm³/mol. The molecule has 3 aromatic rings. The molecule has 0 radical (unpaired) electrons. The Morgan fingerprint density at radius 3 is 2.77 bits per heavy atom. The van der Waals surface area contributed by atoms with Gasteiger partial charge in [-0.25, -0.2) is 13.5 Å². The molecular weight excluding hydrogens is 362 g/mol. The summed E-state index contributed by atoms with van der Waals surface area (Å²) in [5, 5.41) is 6.56. The predicted octanol–water partition coefficient (Wildman–Crippen LogP) is 3.08. The summed E-state index contributed by atoms with van der Waals surface area (Å²) in [6.07, 6.45) is 4.05. The van der Waals surface area contributed by atoms with Gasteiger partial charge in [-0.15, -0.1) is 0 Å². The normalized spacial score (nSPS) is 13.4. The number of hydrogen-bond acceptors (Lipinski definition) is 3. The van der Waals surface area contributed by atoms with Gasteiger partial charge in [-0.3, -0.25) is 9.78 Å². The van der Waals surface area contributed by atoms with Gasteiger partial charge in [-0.2, -0.15) is 5.10 Å². The van der Waals surface area contributed by atoms with Crippen LogP contribution in [0.25, 0.3) is 5.69 Å². The first-order chi connectivity index (χ1) is 12.5. The van der Waals surface area contributed by atoms with Crippen molar-refractivity contribution in [3.05, 3.63) is 75.8 Å². The number of amides is 1. The van der Waals surface area contributed by atoms with Crippen molar-refractivity contribution < 1.29 is 13.6 Å². The van der Waals surface area contributed by atoms with Gasteiger partial charge in [0.25, 0.3) is 5.91 Å². The highest BCUT2D eigenvalue weighted by Crippen LogP contribution is 2.23. The molecule has 0 bridgehead atoms. The van der Waals surface area contributed by atoms with E-state index in [9.17, 15) is 13.6 Å². The monoisotopic (exact) mass is 374 g/mol. The molecular formula is C18H13ClF2N4O. The number of hydrogen-bond donors (Lipinski definition) is 1. The van der Waals surface area contributed by atoms with Crippen molar-refractivity contribution in [1.82, 2.24) is 20.1 Å². The minimum atomic E-state index is -0.801. The topological polar surface area (TPSA) is 59.8 Å². The number of nitrogens with zero attached hydrogens (tertiary/aromatic N) is 3. The number of benzene rings is 1. The van der Waals surface area contributed by atoms with Crippen LogP contribution in [-0.2, 0) is 12.8 Å². The minimum Gasteiger partial charge on any atom is -0.352 e. The highest BCUT2D eigenvalue weighted by atomic mass is 35.5. The highest BCUT2D eigenvalue weighted by molar-refractivity contribution is 6.30. The number of fused-ring (bicyclic) bond motifs is 1. The summed E-state index contributed by atoms with van der Waals surface area (Å²) in [4.78, 5) is 16.1. The number of rotatable bonds is 3. The minimum absolute atomic E-state index is 0.140. The summed E-state index contributed by atoms with van der Waals surface area (Å²) < 4.78 is 28.9. The second-order valence-electron chi connectivity index (χ2n) is 5.98. The number of pyridine rings is 1. The van der Waals surface area contributed by atoms with Gasteiger partial charge in [0.2, 0.25) is 0 Å². The average molecular weight is 375 g/mol. The van der Waals surface area contributed by atoms with Gasteiger partial charge in [-0.05, 0) is 29.8 Å². The molecule has 1 aliphatic heterocycles. The van der Waals surface area contributed by atoms with Crippen molar-refractivity contribution >= 4 is 17.5 Å². The van der Waals surface area contributed by atoms with Gasteiger partial charge in [0.1, 0.15) is 16.7 Å². The molecule has 132 valence electrons. The van der Waals surface area contributed by atoms with Crippen molar-refractivity contribution in [3.63, 3.8) is 0 Å². The lowest BCUT2D eigenvalue weighted by atomic mass is 10.1. The fourth-order valence-electron chi connectivity index (χ4n) is 3.03. The standard InChI is InChI=1S/C18H13ClF2N4O/c19-17-14(20)6-10(7-15(17)21)5-11-8-12(1-3-22-11)25-16-2-4-23-18(26)13(16)9-24-25/h1,3,6-9H,2,4-5H2,(H,23,26). The lowest BCUT2D eigenvalue weighted by Gasteiger charge is -2.15. The van der Waals surface area contributed by atoms with E-state index in [0.717, 1.165) is 11.4 Å². The van der Waals surface area contributed by atoms with Crippen LogP contribution in [0, 0.1) is 11.6 Å². The molecule has 1 aliphatic rings. The van der Waals surface area contributed by atoms with Crippen LogP contribution < -0.4 is 5.32 Å². The molecule has 0 fully saturated rings. The molecule has 2 aromatic heterocycles. The van der Waals surface area contributed by atoms with Crippen molar-refractivity contribution in [2.45, 2.75) is 12.8 Å². The molecule has 1 N–H and O–H groups in total. The fourth-order valence-corrected chi connectivity index (χ4v) is 3.14. The smallest absolute Gasteiger partial charge is 0.254 e. The van der Waals surface area contributed by atoms with Gasteiger partial charge in [-0.1, -0.05) is 11.6 Å². The lowest BCUT2D eigenvalue weighted by Crippen LogP contribution is -2.32. The van der Waals surface area contributed by atoms with E-state index in [1.54, 1.807) is 23.0 Å². The van der Waals surface area contributed by atoms with Crippen molar-refractivity contribution in [3.8, 4) is 5.69 Å². The summed E-state index contributed by atoms with van der Waals surface area (Å²) in [6, 6.07) is 5.94. The maximum atomic E-state index is 13.6. The maximum Gasteiger partial charge on any atom is 0.254 e. The van der Waals surface area contributed by atoms with E-state index in [2.05, 4.69) is 15.4 Å². The SMILES string of the molecule is O=C1NCCc2c1cnn2-c1ccnc(Cc2cc(F)c(Cl)c(F)c2)c1. The van der Waals surface area contributed by atoms with Crippen molar-refractivity contribution in [2.75, 3.05) is 6.54 Å². The van der Waals surface area contributed by atoms with Crippen LogP contribution in [0.2, 0.25) is 5.02 Å². The van der Waals surface area contributed by atoms with E-state index in [1.165, 1.54) is 18.3 Å². The molecule has 3 heterocycles. The van der Waals surface area contributed by atoms with E-state index in [1.807, 2.05) is 0 Å².